The van der Waals surface area contributed by atoms with Gasteiger partial charge in [0.2, 0.25) is 5.75 Å². The van der Waals surface area contributed by atoms with Crippen LogP contribution >= 0.6 is 0 Å². The van der Waals surface area contributed by atoms with Gasteiger partial charge in [0.15, 0.2) is 28.5 Å². The van der Waals surface area contributed by atoms with Crippen molar-refractivity contribution in [2.45, 2.75) is 20.8 Å². The zero-order chi connectivity index (χ0) is 26.5. The van der Waals surface area contributed by atoms with Crippen molar-refractivity contribution in [3.63, 3.8) is 0 Å². The van der Waals surface area contributed by atoms with Gasteiger partial charge in [0.05, 0.1) is 25.5 Å². The molecule has 11 nitrogen and oxygen atoms in total. The first kappa shape index (κ1) is 25.2. The van der Waals surface area contributed by atoms with Gasteiger partial charge in [-0.25, -0.2) is 9.97 Å². The van der Waals surface area contributed by atoms with E-state index in [4.69, 9.17) is 14.2 Å². The van der Waals surface area contributed by atoms with Crippen molar-refractivity contribution in [3.05, 3.63) is 54.4 Å². The molecule has 0 bridgehead atoms. The number of aromatic nitrogens is 5. The highest BCUT2D eigenvalue weighted by Gasteiger charge is 2.27. The highest BCUT2D eigenvalue weighted by atomic mass is 16.5. The summed E-state index contributed by atoms with van der Waals surface area (Å²) in [6.45, 7) is 9.31. The average molecular weight is 518 g/mol. The first-order valence-corrected chi connectivity index (χ1v) is 12.9. The molecule has 0 radical (unpaired) electrons. The van der Waals surface area contributed by atoms with Gasteiger partial charge in [-0.05, 0) is 45.0 Å². The van der Waals surface area contributed by atoms with E-state index in [0.717, 1.165) is 5.69 Å². The van der Waals surface area contributed by atoms with Crippen LogP contribution < -0.4 is 19.1 Å². The Morgan fingerprint density at radius 2 is 1.53 bits per heavy atom. The fraction of sp³-hybridized carbons (Fsp3) is 0.370. The summed E-state index contributed by atoms with van der Waals surface area (Å²) in [5, 5.41) is 8.69. The number of hydrogen-bond donors (Lipinski definition) is 0. The minimum Gasteiger partial charge on any atom is -0.490 e. The number of benzene rings is 2. The molecule has 11 heteroatoms. The fourth-order valence-electron chi connectivity index (χ4n) is 4.53. The van der Waals surface area contributed by atoms with E-state index in [0.29, 0.717) is 85.8 Å². The number of nitrogens with zero attached hydrogens (tertiary/aromatic N) is 7. The maximum Gasteiger partial charge on any atom is 0.254 e. The lowest BCUT2D eigenvalue weighted by atomic mass is 10.1. The van der Waals surface area contributed by atoms with Gasteiger partial charge in [-0.15, -0.1) is 5.10 Å². The molecule has 0 N–H and O–H groups in total. The smallest absolute Gasteiger partial charge is 0.254 e. The predicted octanol–water partition coefficient (Wildman–Crippen LogP) is 3.37. The molecule has 1 fully saturated rings. The molecule has 0 saturated carbocycles. The second-order valence-electron chi connectivity index (χ2n) is 8.59. The third-order valence-electron chi connectivity index (χ3n) is 6.24. The second kappa shape index (κ2) is 11.3. The Bertz CT molecular complexity index is 1370. The van der Waals surface area contributed by atoms with E-state index in [9.17, 15) is 4.79 Å². The number of carbonyl (C=O) groups excluding carboxylic acids is 1. The van der Waals surface area contributed by atoms with Crippen molar-refractivity contribution in [3.8, 4) is 22.9 Å². The van der Waals surface area contributed by atoms with E-state index in [1.54, 1.807) is 16.8 Å². The molecule has 2 aromatic carbocycles. The Kier molecular flexibility index (Phi) is 7.52. The minimum atomic E-state index is -0.0857. The Morgan fingerprint density at radius 3 is 2.16 bits per heavy atom. The van der Waals surface area contributed by atoms with Crippen LogP contribution in [0, 0.1) is 0 Å². The van der Waals surface area contributed by atoms with Gasteiger partial charge >= 0.3 is 0 Å². The number of rotatable bonds is 9. The third-order valence-corrected chi connectivity index (χ3v) is 6.24. The van der Waals surface area contributed by atoms with E-state index in [-0.39, 0.29) is 5.91 Å². The van der Waals surface area contributed by atoms with E-state index < -0.39 is 0 Å². The van der Waals surface area contributed by atoms with Crippen LogP contribution in [-0.4, -0.2) is 81.8 Å². The summed E-state index contributed by atoms with van der Waals surface area (Å²) in [6, 6.07) is 13.2. The topological polar surface area (TPSA) is 108 Å². The number of ether oxygens (including phenoxy) is 3. The molecule has 0 unspecified atom stereocenters. The average Bonchev–Trinajstić information content (AvgIpc) is 3.39. The Hall–Kier alpha value is -4.41. The third kappa shape index (κ3) is 4.91. The number of anilines is 1. The van der Waals surface area contributed by atoms with Crippen molar-refractivity contribution in [1.29, 1.82) is 0 Å². The number of carbonyl (C=O) groups is 1. The summed E-state index contributed by atoms with van der Waals surface area (Å²) in [7, 11) is 0. The molecule has 4 aromatic rings. The molecule has 38 heavy (non-hydrogen) atoms. The van der Waals surface area contributed by atoms with Crippen LogP contribution in [0.1, 0.15) is 31.1 Å². The fourth-order valence-corrected chi connectivity index (χ4v) is 4.53. The van der Waals surface area contributed by atoms with Gasteiger partial charge in [0.1, 0.15) is 6.33 Å². The monoisotopic (exact) mass is 517 g/mol. The molecule has 198 valence electrons. The molecule has 0 atom stereocenters. The van der Waals surface area contributed by atoms with Crippen LogP contribution in [0.5, 0.6) is 17.2 Å². The van der Waals surface area contributed by atoms with E-state index in [1.165, 1.54) is 6.33 Å². The van der Waals surface area contributed by atoms with Crippen LogP contribution in [0.2, 0.25) is 0 Å². The lowest BCUT2D eigenvalue weighted by Gasteiger charge is -2.35. The Labute approximate surface area is 220 Å². The molecule has 1 aliphatic heterocycles. The zero-order valence-corrected chi connectivity index (χ0v) is 21.8. The molecular formula is C27H31N7O4. The molecule has 0 spiro atoms. The van der Waals surface area contributed by atoms with Crippen molar-refractivity contribution in [2.75, 3.05) is 50.9 Å². The lowest BCUT2D eigenvalue weighted by Crippen LogP contribution is -2.49. The van der Waals surface area contributed by atoms with Crippen LogP contribution in [0.3, 0.4) is 0 Å². The summed E-state index contributed by atoms with van der Waals surface area (Å²) in [6.07, 6.45) is 1.53. The maximum absolute atomic E-state index is 13.5. The van der Waals surface area contributed by atoms with Crippen molar-refractivity contribution >= 4 is 22.9 Å². The highest BCUT2D eigenvalue weighted by Crippen LogP contribution is 2.39. The SMILES string of the molecule is CCOc1cc(C(=O)N2CCN(c3ncnc4c3nnn4-c3ccccc3)CC2)cc(OCC)c1OCC. The van der Waals surface area contributed by atoms with Gasteiger partial charge in [-0.2, -0.15) is 4.68 Å². The zero-order valence-electron chi connectivity index (χ0n) is 21.8. The van der Waals surface area contributed by atoms with Crippen molar-refractivity contribution < 1.29 is 19.0 Å². The molecule has 3 heterocycles. The minimum absolute atomic E-state index is 0.0857. The number of para-hydroxylation sites is 1. The number of amides is 1. The lowest BCUT2D eigenvalue weighted by molar-refractivity contribution is 0.0745. The largest absolute Gasteiger partial charge is 0.490 e. The number of fused-ring (bicyclic) bond motifs is 1. The molecule has 1 amide bonds. The predicted molar refractivity (Wildman–Crippen MR) is 143 cm³/mol. The summed E-state index contributed by atoms with van der Waals surface area (Å²) >= 11 is 0. The van der Waals surface area contributed by atoms with Crippen molar-refractivity contribution in [1.82, 2.24) is 29.9 Å². The molecule has 0 aliphatic carbocycles. The molecule has 1 saturated heterocycles. The Morgan fingerprint density at radius 1 is 0.868 bits per heavy atom. The standard InChI is InChI=1S/C27H31N7O4/c1-4-36-21-16-19(17-22(37-5-2)24(21)38-6-3)27(35)33-14-12-32(13-15-33)25-23-26(29-18-28-25)34(31-30-23)20-10-8-7-9-11-20/h7-11,16-18H,4-6,12-15H2,1-3H3. The Balaban J connectivity index is 1.35. The van der Waals surface area contributed by atoms with Gasteiger partial charge in [0, 0.05) is 31.7 Å². The number of hydrogen-bond acceptors (Lipinski definition) is 9. The highest BCUT2D eigenvalue weighted by molar-refractivity contribution is 5.96. The van der Waals surface area contributed by atoms with E-state index >= 15 is 0 Å². The first-order chi connectivity index (χ1) is 18.6. The second-order valence-corrected chi connectivity index (χ2v) is 8.59. The summed E-state index contributed by atoms with van der Waals surface area (Å²) < 4.78 is 19.1. The van der Waals surface area contributed by atoms with E-state index in [1.807, 2.05) is 56.0 Å². The van der Waals surface area contributed by atoms with Crippen LogP contribution in [0.15, 0.2) is 48.8 Å². The van der Waals surface area contributed by atoms with Gasteiger partial charge in [0.25, 0.3) is 5.91 Å². The molecule has 5 rings (SSSR count). The quantitative estimate of drug-likeness (QED) is 0.330. The summed E-state index contributed by atoms with van der Waals surface area (Å²) in [5.74, 6) is 2.16. The summed E-state index contributed by atoms with van der Waals surface area (Å²) in [4.78, 5) is 26.4. The summed E-state index contributed by atoms with van der Waals surface area (Å²) in [5.41, 5.74) is 2.65. The van der Waals surface area contributed by atoms with Gasteiger partial charge < -0.3 is 24.0 Å². The van der Waals surface area contributed by atoms with Crippen LogP contribution in [-0.2, 0) is 0 Å². The van der Waals surface area contributed by atoms with Crippen molar-refractivity contribution in [2.24, 2.45) is 0 Å². The first-order valence-electron chi connectivity index (χ1n) is 12.9. The maximum atomic E-state index is 13.5. The normalized spacial score (nSPS) is 13.6. The van der Waals surface area contributed by atoms with Crippen LogP contribution in [0.4, 0.5) is 5.82 Å². The van der Waals surface area contributed by atoms with Gasteiger partial charge in [-0.1, -0.05) is 23.4 Å². The molecular weight excluding hydrogens is 486 g/mol. The number of piperazine rings is 1. The molecule has 2 aromatic heterocycles. The van der Waals surface area contributed by atoms with E-state index in [2.05, 4.69) is 25.2 Å². The van der Waals surface area contributed by atoms with Gasteiger partial charge in [-0.3, -0.25) is 4.79 Å². The molecule has 1 aliphatic rings. The van der Waals surface area contributed by atoms with Crippen LogP contribution in [0.25, 0.3) is 16.9 Å².